The second kappa shape index (κ2) is 7.86. The Labute approximate surface area is 155 Å². The van der Waals surface area contributed by atoms with Gasteiger partial charge < -0.3 is 0 Å². The highest BCUT2D eigenvalue weighted by Gasteiger charge is 2.25. The molecule has 0 spiro atoms. The molecule has 4 nitrogen and oxygen atoms in total. The van der Waals surface area contributed by atoms with Gasteiger partial charge in [0.25, 0.3) is 0 Å². The molecular formula is C20H25FN2O2S. The van der Waals surface area contributed by atoms with Gasteiger partial charge in [0.05, 0.1) is 4.90 Å². The summed E-state index contributed by atoms with van der Waals surface area (Å²) in [5.74, 6) is -0.499. The van der Waals surface area contributed by atoms with E-state index in [2.05, 4.69) is 28.7 Å². The number of nitrogens with zero attached hydrogens (tertiary/aromatic N) is 1. The van der Waals surface area contributed by atoms with Crippen molar-refractivity contribution in [2.24, 2.45) is 0 Å². The minimum atomic E-state index is -3.69. The summed E-state index contributed by atoms with van der Waals surface area (Å²) in [5.41, 5.74) is 3.02. The van der Waals surface area contributed by atoms with Gasteiger partial charge in [-0.25, -0.2) is 17.5 Å². The molecule has 1 aliphatic rings. The van der Waals surface area contributed by atoms with Crippen LogP contribution in [-0.4, -0.2) is 32.4 Å². The summed E-state index contributed by atoms with van der Waals surface area (Å²) >= 11 is 0. The zero-order chi connectivity index (χ0) is 18.7. The van der Waals surface area contributed by atoms with Gasteiger partial charge in [-0.1, -0.05) is 30.3 Å². The lowest BCUT2D eigenvalue weighted by Crippen LogP contribution is -2.44. The van der Waals surface area contributed by atoms with Crippen molar-refractivity contribution in [1.29, 1.82) is 0 Å². The van der Waals surface area contributed by atoms with Crippen LogP contribution in [0.25, 0.3) is 0 Å². The fraction of sp³-hybridized carbons (Fsp3) is 0.400. The quantitative estimate of drug-likeness (QED) is 0.870. The van der Waals surface area contributed by atoms with Crippen molar-refractivity contribution in [2.75, 3.05) is 13.1 Å². The van der Waals surface area contributed by atoms with Crippen molar-refractivity contribution in [3.05, 3.63) is 65.0 Å². The smallest absolute Gasteiger partial charge is 0.240 e. The maximum absolute atomic E-state index is 13.7. The molecule has 1 fully saturated rings. The van der Waals surface area contributed by atoms with Crippen molar-refractivity contribution in [2.45, 2.75) is 44.2 Å². The Morgan fingerprint density at radius 3 is 2.42 bits per heavy atom. The molecule has 1 aliphatic heterocycles. The van der Waals surface area contributed by atoms with Gasteiger partial charge in [0, 0.05) is 25.7 Å². The van der Waals surface area contributed by atoms with Gasteiger partial charge in [-0.15, -0.1) is 0 Å². The maximum Gasteiger partial charge on any atom is 0.240 e. The van der Waals surface area contributed by atoms with E-state index in [4.69, 9.17) is 0 Å². The average molecular weight is 376 g/mol. The Bertz CT molecular complexity index is 875. The van der Waals surface area contributed by atoms with E-state index >= 15 is 0 Å². The van der Waals surface area contributed by atoms with Crippen molar-refractivity contribution in [1.82, 2.24) is 9.62 Å². The van der Waals surface area contributed by atoms with Gasteiger partial charge >= 0.3 is 0 Å². The van der Waals surface area contributed by atoms with Crippen LogP contribution in [0.2, 0.25) is 0 Å². The van der Waals surface area contributed by atoms with Crippen LogP contribution < -0.4 is 4.72 Å². The van der Waals surface area contributed by atoms with Crippen LogP contribution in [0, 0.1) is 19.7 Å². The number of sulfonamides is 1. The molecule has 3 rings (SSSR count). The number of halogens is 1. The third-order valence-electron chi connectivity index (χ3n) is 5.02. The summed E-state index contributed by atoms with van der Waals surface area (Å²) in [7, 11) is -3.69. The average Bonchev–Trinajstić information content (AvgIpc) is 2.60. The third-order valence-corrected chi connectivity index (χ3v) is 6.54. The second-order valence-electron chi connectivity index (χ2n) is 7.01. The first-order chi connectivity index (χ1) is 12.3. The Hall–Kier alpha value is -1.76. The lowest BCUT2D eigenvalue weighted by atomic mass is 10.0. The minimum Gasteiger partial charge on any atom is -0.299 e. The maximum atomic E-state index is 13.7. The van der Waals surface area contributed by atoms with E-state index in [1.807, 2.05) is 12.1 Å². The Balaban J connectivity index is 1.58. The Morgan fingerprint density at radius 1 is 1.08 bits per heavy atom. The number of rotatable bonds is 5. The summed E-state index contributed by atoms with van der Waals surface area (Å²) in [4.78, 5) is 2.33. The molecule has 0 atom stereocenters. The number of piperidine rings is 1. The Morgan fingerprint density at radius 2 is 1.77 bits per heavy atom. The van der Waals surface area contributed by atoms with Crippen molar-refractivity contribution in [3.63, 3.8) is 0 Å². The minimum absolute atomic E-state index is 0.0112. The van der Waals surface area contributed by atoms with Crippen LogP contribution in [0.4, 0.5) is 4.39 Å². The molecule has 6 heteroatoms. The van der Waals surface area contributed by atoms with Gasteiger partial charge in [0.2, 0.25) is 10.0 Å². The first kappa shape index (κ1) is 19.0. The molecule has 1 N–H and O–H groups in total. The van der Waals surface area contributed by atoms with Crippen LogP contribution in [0.1, 0.15) is 29.5 Å². The molecule has 1 heterocycles. The monoisotopic (exact) mass is 376 g/mol. The van der Waals surface area contributed by atoms with Crippen molar-refractivity contribution >= 4 is 10.0 Å². The number of hydrogen-bond donors (Lipinski definition) is 1. The molecule has 0 radical (unpaired) electrons. The van der Waals surface area contributed by atoms with E-state index in [-0.39, 0.29) is 10.9 Å². The van der Waals surface area contributed by atoms with E-state index in [0.717, 1.165) is 38.5 Å². The lowest BCUT2D eigenvalue weighted by molar-refractivity contribution is 0.199. The second-order valence-corrected chi connectivity index (χ2v) is 8.72. The van der Waals surface area contributed by atoms with Crippen LogP contribution >= 0.6 is 0 Å². The van der Waals surface area contributed by atoms with E-state index in [9.17, 15) is 12.8 Å². The van der Waals surface area contributed by atoms with Gasteiger partial charge in [0.1, 0.15) is 5.82 Å². The standard InChI is InChI=1S/C20H25FN2O2S/c1-15-5-3-4-6-17(15)14-23-11-9-18(10-12-23)22-26(24,25)19-8-7-16(2)20(21)13-19/h3-8,13,18,22H,9-12,14H2,1-2H3. The number of aryl methyl sites for hydroxylation is 2. The molecule has 140 valence electrons. The predicted molar refractivity (Wildman–Crippen MR) is 101 cm³/mol. The first-order valence-electron chi connectivity index (χ1n) is 8.90. The topological polar surface area (TPSA) is 49.4 Å². The number of nitrogens with one attached hydrogen (secondary N) is 1. The molecule has 0 amide bonds. The van der Waals surface area contributed by atoms with Crippen molar-refractivity contribution in [3.8, 4) is 0 Å². The predicted octanol–water partition coefficient (Wildman–Crippen LogP) is 3.39. The zero-order valence-electron chi connectivity index (χ0n) is 15.2. The highest BCUT2D eigenvalue weighted by atomic mass is 32.2. The molecule has 0 bridgehead atoms. The fourth-order valence-corrected chi connectivity index (χ4v) is 4.58. The molecule has 2 aromatic carbocycles. The van der Waals surface area contributed by atoms with Crippen molar-refractivity contribution < 1.29 is 12.8 Å². The van der Waals surface area contributed by atoms with Gasteiger partial charge in [0.15, 0.2) is 0 Å². The van der Waals surface area contributed by atoms with Crippen LogP contribution in [0.15, 0.2) is 47.4 Å². The molecule has 0 saturated carbocycles. The molecule has 1 saturated heterocycles. The number of likely N-dealkylation sites (tertiary alicyclic amines) is 1. The number of hydrogen-bond acceptors (Lipinski definition) is 3. The largest absolute Gasteiger partial charge is 0.299 e. The summed E-state index contributed by atoms with van der Waals surface area (Å²) < 4.78 is 41.4. The molecular weight excluding hydrogens is 351 g/mol. The van der Waals surface area contributed by atoms with Crippen LogP contribution in [-0.2, 0) is 16.6 Å². The molecule has 2 aromatic rings. The van der Waals surface area contributed by atoms with E-state index in [1.54, 1.807) is 6.92 Å². The normalized spacial score (nSPS) is 16.7. The summed E-state index contributed by atoms with van der Waals surface area (Å²) in [5, 5.41) is 0. The van der Waals surface area contributed by atoms with Gasteiger partial charge in [-0.3, -0.25) is 4.90 Å². The highest BCUT2D eigenvalue weighted by Crippen LogP contribution is 2.19. The van der Waals surface area contributed by atoms with Gasteiger partial charge in [-0.05, 0) is 55.5 Å². The highest BCUT2D eigenvalue weighted by molar-refractivity contribution is 7.89. The summed E-state index contributed by atoms with van der Waals surface area (Å²) in [6.07, 6.45) is 1.50. The zero-order valence-corrected chi connectivity index (χ0v) is 16.0. The number of benzene rings is 2. The molecule has 0 unspecified atom stereocenters. The molecule has 0 aromatic heterocycles. The fourth-order valence-electron chi connectivity index (χ4n) is 3.27. The third kappa shape index (κ3) is 4.50. The van der Waals surface area contributed by atoms with Gasteiger partial charge in [-0.2, -0.15) is 0 Å². The van der Waals surface area contributed by atoms with Crippen LogP contribution in [0.5, 0.6) is 0 Å². The Kier molecular flexibility index (Phi) is 5.75. The summed E-state index contributed by atoms with van der Waals surface area (Å²) in [6.45, 7) is 6.28. The SMILES string of the molecule is Cc1ccc(S(=O)(=O)NC2CCN(Cc3ccccc3C)CC2)cc1F. The first-order valence-corrected chi connectivity index (χ1v) is 10.4. The van der Waals surface area contributed by atoms with E-state index < -0.39 is 15.8 Å². The van der Waals surface area contributed by atoms with E-state index in [0.29, 0.717) is 5.56 Å². The molecule has 0 aliphatic carbocycles. The lowest BCUT2D eigenvalue weighted by Gasteiger charge is -2.32. The molecule has 26 heavy (non-hydrogen) atoms. The van der Waals surface area contributed by atoms with E-state index in [1.165, 1.54) is 23.3 Å². The van der Waals surface area contributed by atoms with Crippen LogP contribution in [0.3, 0.4) is 0 Å². The summed E-state index contributed by atoms with van der Waals surface area (Å²) in [6, 6.07) is 12.2.